The van der Waals surface area contributed by atoms with E-state index in [1.165, 1.54) is 20.3 Å². The van der Waals surface area contributed by atoms with E-state index in [2.05, 4.69) is 9.97 Å². The maximum atomic E-state index is 13.7. The SMILES string of the molecule is COc1cc(OC)[nH+]c(SC2=C(C(=O)c3ccc4c(c3Cl)S(=O)(=O)CCC4(C)C)C(=O)CCC2)n1. The van der Waals surface area contributed by atoms with Crippen molar-refractivity contribution in [3.63, 3.8) is 0 Å². The molecule has 0 bridgehead atoms. The van der Waals surface area contributed by atoms with Crippen LogP contribution < -0.4 is 14.5 Å². The van der Waals surface area contributed by atoms with Crippen LogP contribution in [0, 0.1) is 0 Å². The molecule has 2 heterocycles. The fraction of sp³-hybridized carbons (Fsp3) is 0.417. The lowest BCUT2D eigenvalue weighted by molar-refractivity contribution is -0.446. The number of hydrogen-bond acceptors (Lipinski definition) is 8. The van der Waals surface area contributed by atoms with Gasteiger partial charge in [-0.1, -0.05) is 31.5 Å². The van der Waals surface area contributed by atoms with Gasteiger partial charge in [0.25, 0.3) is 5.88 Å². The van der Waals surface area contributed by atoms with Crippen molar-refractivity contribution in [1.29, 1.82) is 0 Å². The summed E-state index contributed by atoms with van der Waals surface area (Å²) in [4.78, 5) is 34.5. The third-order valence-corrected chi connectivity index (χ3v) is 9.65. The average Bonchev–Trinajstić information content (AvgIpc) is 2.81. The summed E-state index contributed by atoms with van der Waals surface area (Å²) in [6, 6.07) is 4.75. The number of ether oxygens (including phenoxy) is 2. The molecule has 0 atom stereocenters. The second-order valence-electron chi connectivity index (χ2n) is 9.06. The lowest BCUT2D eigenvalue weighted by Crippen LogP contribution is -2.31. The number of carbonyl (C=O) groups is 2. The highest BCUT2D eigenvalue weighted by molar-refractivity contribution is 8.02. The molecule has 186 valence electrons. The third kappa shape index (κ3) is 4.83. The molecule has 1 aromatic carbocycles. The Balaban J connectivity index is 1.82. The van der Waals surface area contributed by atoms with Crippen molar-refractivity contribution in [2.75, 3.05) is 20.0 Å². The van der Waals surface area contributed by atoms with Crippen LogP contribution in [0.4, 0.5) is 0 Å². The minimum absolute atomic E-state index is 0.00699. The molecule has 0 saturated carbocycles. The molecule has 2 aromatic rings. The molecule has 35 heavy (non-hydrogen) atoms. The van der Waals surface area contributed by atoms with Gasteiger partial charge in [0.2, 0.25) is 0 Å². The summed E-state index contributed by atoms with van der Waals surface area (Å²) in [5.41, 5.74) is 0.202. The predicted molar refractivity (Wildman–Crippen MR) is 131 cm³/mol. The fourth-order valence-electron chi connectivity index (χ4n) is 4.29. The van der Waals surface area contributed by atoms with Crippen molar-refractivity contribution in [3.05, 3.63) is 44.8 Å². The number of sulfone groups is 1. The van der Waals surface area contributed by atoms with Gasteiger partial charge in [-0.05, 0) is 48.1 Å². The molecule has 8 nitrogen and oxygen atoms in total. The Bertz CT molecular complexity index is 1350. The number of H-pyrrole nitrogens is 1. The van der Waals surface area contributed by atoms with Gasteiger partial charge < -0.3 is 9.47 Å². The molecule has 4 rings (SSSR count). The molecule has 0 spiro atoms. The Morgan fingerprint density at radius 1 is 1.20 bits per heavy atom. The zero-order valence-electron chi connectivity index (χ0n) is 19.9. The first-order valence-electron chi connectivity index (χ1n) is 11.1. The number of methoxy groups -OCH3 is 2. The number of ketones is 2. The number of carbonyl (C=O) groups excluding carboxylic acids is 2. The fourth-order valence-corrected chi connectivity index (χ4v) is 8.02. The molecule has 0 fully saturated rings. The van der Waals surface area contributed by atoms with Gasteiger partial charge in [0.1, 0.15) is 6.07 Å². The van der Waals surface area contributed by atoms with E-state index in [1.54, 1.807) is 12.1 Å². The summed E-state index contributed by atoms with van der Waals surface area (Å²) < 4.78 is 36.3. The zero-order valence-corrected chi connectivity index (χ0v) is 22.2. The third-order valence-electron chi connectivity index (χ3n) is 6.32. The maximum Gasteiger partial charge on any atom is 0.368 e. The summed E-state index contributed by atoms with van der Waals surface area (Å²) >= 11 is 7.74. The first kappa shape index (κ1) is 25.7. The summed E-state index contributed by atoms with van der Waals surface area (Å²) in [5.74, 6) is -0.231. The highest BCUT2D eigenvalue weighted by atomic mass is 35.5. The van der Waals surface area contributed by atoms with E-state index in [0.29, 0.717) is 46.6 Å². The molecule has 0 unspecified atom stereocenters. The first-order chi connectivity index (χ1) is 16.5. The number of aromatic amines is 1. The van der Waals surface area contributed by atoms with Crippen LogP contribution in [-0.2, 0) is 20.0 Å². The van der Waals surface area contributed by atoms with Gasteiger partial charge in [0, 0.05) is 21.9 Å². The summed E-state index contributed by atoms with van der Waals surface area (Å²) in [6.07, 6.45) is 1.75. The monoisotopic (exact) mass is 537 g/mol. The normalized spacial score (nSPS) is 18.7. The van der Waals surface area contributed by atoms with Crippen LogP contribution in [0.3, 0.4) is 0 Å². The highest BCUT2D eigenvalue weighted by Gasteiger charge is 2.39. The van der Waals surface area contributed by atoms with Crippen molar-refractivity contribution < 1.29 is 32.5 Å². The number of hydrogen-bond donors (Lipinski definition) is 0. The van der Waals surface area contributed by atoms with Gasteiger partial charge in [0.15, 0.2) is 21.4 Å². The lowest BCUT2D eigenvalue weighted by Gasteiger charge is -2.33. The lowest BCUT2D eigenvalue weighted by atomic mass is 9.81. The first-order valence-corrected chi connectivity index (χ1v) is 13.9. The Morgan fingerprint density at radius 2 is 1.94 bits per heavy atom. The number of rotatable bonds is 6. The molecule has 0 amide bonds. The number of Topliss-reactive ketones (excluding diaryl/α,β-unsaturated/α-hetero) is 2. The van der Waals surface area contributed by atoms with E-state index in [9.17, 15) is 18.0 Å². The quantitative estimate of drug-likeness (QED) is 0.308. The Kier molecular flexibility index (Phi) is 7.00. The molecule has 1 aromatic heterocycles. The topological polar surface area (TPSA) is 114 Å². The molecule has 1 N–H and O–H groups in total. The van der Waals surface area contributed by atoms with Crippen molar-refractivity contribution in [1.82, 2.24) is 4.98 Å². The zero-order chi connectivity index (χ0) is 25.5. The van der Waals surface area contributed by atoms with E-state index in [4.69, 9.17) is 21.1 Å². The Morgan fingerprint density at radius 3 is 2.63 bits per heavy atom. The number of nitrogens with one attached hydrogen (secondary N) is 1. The largest absolute Gasteiger partial charge is 0.465 e. The molecular formula is C24H26ClN2O6S2+. The average molecular weight is 538 g/mol. The number of halogens is 1. The van der Waals surface area contributed by atoms with E-state index in [-0.39, 0.29) is 39.0 Å². The Hall–Kier alpha value is -2.43. The van der Waals surface area contributed by atoms with Crippen LogP contribution in [0.2, 0.25) is 5.02 Å². The second-order valence-corrected chi connectivity index (χ2v) is 12.6. The van der Waals surface area contributed by atoms with E-state index in [0.717, 1.165) is 11.8 Å². The van der Waals surface area contributed by atoms with Crippen LogP contribution in [0.25, 0.3) is 0 Å². The minimum Gasteiger partial charge on any atom is -0.465 e. The van der Waals surface area contributed by atoms with Gasteiger partial charge >= 0.3 is 11.0 Å². The Labute approximate surface area is 213 Å². The minimum atomic E-state index is -3.65. The molecule has 1 aliphatic heterocycles. The molecule has 1 aliphatic carbocycles. The molecule has 2 aliphatic rings. The molecule has 0 radical (unpaired) electrons. The predicted octanol–water partition coefficient (Wildman–Crippen LogP) is 4.00. The summed E-state index contributed by atoms with van der Waals surface area (Å²) in [7, 11) is -0.689. The van der Waals surface area contributed by atoms with Gasteiger partial charge in [-0.2, -0.15) is 0 Å². The number of benzene rings is 1. The smallest absolute Gasteiger partial charge is 0.368 e. The van der Waals surface area contributed by atoms with Crippen LogP contribution in [-0.4, -0.2) is 44.9 Å². The standard InChI is InChI=1S/C24H25ClN2O6S2/c1-24(2)10-11-35(30,31)22-14(24)9-8-13(20(22)25)21(29)19-15(28)6-5-7-16(19)34-23-26-17(32-3)12-18(27-23)33-4/h8-9,12H,5-7,10-11H2,1-4H3/p+1. The van der Waals surface area contributed by atoms with Gasteiger partial charge in [0.05, 0.1) is 35.5 Å². The van der Waals surface area contributed by atoms with Crippen LogP contribution in [0.15, 0.2) is 38.7 Å². The number of fused-ring (bicyclic) bond motifs is 1. The van der Waals surface area contributed by atoms with Crippen LogP contribution in [0.5, 0.6) is 11.8 Å². The van der Waals surface area contributed by atoms with E-state index < -0.39 is 21.0 Å². The van der Waals surface area contributed by atoms with Crippen LogP contribution in [0.1, 0.15) is 55.5 Å². The van der Waals surface area contributed by atoms with Gasteiger partial charge in [-0.25, -0.2) is 13.4 Å². The molecular weight excluding hydrogens is 512 g/mol. The number of aromatic nitrogens is 2. The van der Waals surface area contributed by atoms with E-state index >= 15 is 0 Å². The second kappa shape index (κ2) is 9.55. The van der Waals surface area contributed by atoms with Crippen molar-refractivity contribution in [2.24, 2.45) is 0 Å². The molecule has 0 saturated heterocycles. The van der Waals surface area contributed by atoms with Crippen molar-refractivity contribution >= 4 is 44.8 Å². The van der Waals surface area contributed by atoms with Gasteiger partial charge in [-0.15, -0.1) is 0 Å². The number of thioether (sulfide) groups is 1. The highest BCUT2D eigenvalue weighted by Crippen LogP contribution is 2.44. The van der Waals surface area contributed by atoms with E-state index in [1.807, 2.05) is 13.8 Å². The summed E-state index contributed by atoms with van der Waals surface area (Å²) in [6.45, 7) is 3.90. The maximum absolute atomic E-state index is 13.7. The van der Waals surface area contributed by atoms with Crippen LogP contribution >= 0.6 is 23.4 Å². The van der Waals surface area contributed by atoms with Crippen molar-refractivity contribution in [2.45, 2.75) is 55.0 Å². The van der Waals surface area contributed by atoms with Gasteiger partial charge in [-0.3, -0.25) is 9.59 Å². The molecule has 11 heteroatoms. The number of allylic oxidation sites excluding steroid dienone is 2. The van der Waals surface area contributed by atoms with Crippen molar-refractivity contribution in [3.8, 4) is 11.8 Å². The summed E-state index contributed by atoms with van der Waals surface area (Å²) in [5, 5.41) is 0.264. The number of nitrogens with zero attached hydrogens (tertiary/aromatic N) is 1.